The summed E-state index contributed by atoms with van der Waals surface area (Å²) in [5, 5.41) is 3.07. The third-order valence-corrected chi connectivity index (χ3v) is 7.55. The molecule has 0 spiro atoms. The van der Waals surface area contributed by atoms with Gasteiger partial charge in [-0.2, -0.15) is 0 Å². The maximum Gasteiger partial charge on any atom is 0.321 e. The molecule has 1 aromatic carbocycles. The van der Waals surface area contributed by atoms with Gasteiger partial charge in [0, 0.05) is 24.8 Å². The van der Waals surface area contributed by atoms with Crippen molar-refractivity contribution in [2.24, 2.45) is 17.1 Å². The molecule has 1 saturated carbocycles. The highest BCUT2D eigenvalue weighted by atomic mass is 16.2. The monoisotopic (exact) mass is 412 g/mol. The number of piperidine rings is 2. The Morgan fingerprint density at radius 1 is 1.07 bits per heavy atom. The van der Waals surface area contributed by atoms with Crippen LogP contribution in [-0.2, 0) is 4.79 Å². The van der Waals surface area contributed by atoms with Crippen LogP contribution >= 0.6 is 0 Å². The summed E-state index contributed by atoms with van der Waals surface area (Å²) in [5.41, 5.74) is 8.74. The van der Waals surface area contributed by atoms with Gasteiger partial charge in [0.1, 0.15) is 0 Å². The van der Waals surface area contributed by atoms with Gasteiger partial charge in [0.05, 0.1) is 5.41 Å². The van der Waals surface area contributed by atoms with Gasteiger partial charge in [0.2, 0.25) is 5.91 Å². The molecular weight excluding hydrogens is 376 g/mol. The van der Waals surface area contributed by atoms with E-state index in [9.17, 15) is 9.59 Å². The number of anilines is 1. The van der Waals surface area contributed by atoms with E-state index < -0.39 is 0 Å². The van der Waals surface area contributed by atoms with Crippen molar-refractivity contribution >= 4 is 17.6 Å². The van der Waals surface area contributed by atoms with Crippen LogP contribution in [0.25, 0.3) is 0 Å². The number of hydrogen-bond acceptors (Lipinski definition) is 3. The van der Waals surface area contributed by atoms with E-state index in [4.69, 9.17) is 5.73 Å². The molecule has 6 nitrogen and oxygen atoms in total. The SMILES string of the molecule is Cc1ccc(NC(=O)N2CCC(N3CCC(CC4CC4)(C(N)=O)CC3)CC2)c(C)c1. The van der Waals surface area contributed by atoms with Crippen LogP contribution in [0.3, 0.4) is 0 Å². The lowest BCUT2D eigenvalue weighted by Gasteiger charge is -2.45. The number of amides is 3. The summed E-state index contributed by atoms with van der Waals surface area (Å²) in [5.74, 6) is 0.634. The van der Waals surface area contributed by atoms with E-state index in [1.54, 1.807) is 0 Å². The topological polar surface area (TPSA) is 78.7 Å². The molecule has 0 bridgehead atoms. The molecule has 3 amide bonds. The minimum Gasteiger partial charge on any atom is -0.369 e. The largest absolute Gasteiger partial charge is 0.369 e. The molecule has 2 heterocycles. The number of aryl methyl sites for hydroxylation is 2. The van der Waals surface area contributed by atoms with Gasteiger partial charge < -0.3 is 20.9 Å². The van der Waals surface area contributed by atoms with Crippen molar-refractivity contribution in [1.82, 2.24) is 9.80 Å². The lowest BCUT2D eigenvalue weighted by atomic mass is 9.73. The number of nitrogens with one attached hydrogen (secondary N) is 1. The zero-order valence-corrected chi connectivity index (χ0v) is 18.5. The minimum atomic E-state index is -0.274. The van der Waals surface area contributed by atoms with E-state index in [-0.39, 0.29) is 17.4 Å². The molecular formula is C24H36N4O2. The van der Waals surface area contributed by atoms with E-state index >= 15 is 0 Å². The van der Waals surface area contributed by atoms with Gasteiger partial charge in [-0.15, -0.1) is 0 Å². The van der Waals surface area contributed by atoms with Crippen LogP contribution in [0.5, 0.6) is 0 Å². The second-order valence-electron chi connectivity index (χ2n) is 9.79. The maximum atomic E-state index is 12.7. The highest BCUT2D eigenvalue weighted by Crippen LogP contribution is 2.46. The van der Waals surface area contributed by atoms with Gasteiger partial charge in [-0.1, -0.05) is 30.5 Å². The van der Waals surface area contributed by atoms with Gasteiger partial charge in [0.15, 0.2) is 0 Å². The van der Waals surface area contributed by atoms with Gasteiger partial charge in [-0.05, 0) is 76.6 Å². The zero-order chi connectivity index (χ0) is 21.3. The number of carbonyl (C=O) groups is 2. The highest BCUT2D eigenvalue weighted by molar-refractivity contribution is 5.90. The summed E-state index contributed by atoms with van der Waals surface area (Å²) in [6, 6.07) is 6.60. The van der Waals surface area contributed by atoms with Crippen LogP contribution in [0, 0.1) is 25.2 Å². The van der Waals surface area contributed by atoms with Crippen molar-refractivity contribution < 1.29 is 9.59 Å². The molecule has 0 radical (unpaired) electrons. The Kier molecular flexibility index (Phi) is 6.05. The molecule has 1 aromatic rings. The molecule has 0 atom stereocenters. The fourth-order valence-corrected chi connectivity index (χ4v) is 5.33. The van der Waals surface area contributed by atoms with Crippen molar-refractivity contribution in [3.8, 4) is 0 Å². The van der Waals surface area contributed by atoms with E-state index in [1.807, 2.05) is 24.0 Å². The fourth-order valence-electron chi connectivity index (χ4n) is 5.33. The number of nitrogens with zero attached hydrogens (tertiary/aromatic N) is 2. The lowest BCUT2D eigenvalue weighted by Crippen LogP contribution is -2.53. The smallest absolute Gasteiger partial charge is 0.321 e. The number of nitrogens with two attached hydrogens (primary N) is 1. The number of urea groups is 1. The van der Waals surface area contributed by atoms with Crippen LogP contribution in [0.15, 0.2) is 18.2 Å². The number of benzene rings is 1. The quantitative estimate of drug-likeness (QED) is 0.774. The summed E-state index contributed by atoms with van der Waals surface area (Å²) in [6.07, 6.45) is 7.30. The number of hydrogen-bond donors (Lipinski definition) is 2. The van der Waals surface area contributed by atoms with Crippen molar-refractivity contribution in [1.29, 1.82) is 0 Å². The Bertz CT molecular complexity index is 788. The third kappa shape index (κ3) is 4.64. The molecule has 4 rings (SSSR count). The van der Waals surface area contributed by atoms with E-state index in [0.29, 0.717) is 6.04 Å². The van der Waals surface area contributed by atoms with Crippen LogP contribution in [0.2, 0.25) is 0 Å². The van der Waals surface area contributed by atoms with E-state index in [1.165, 1.54) is 18.4 Å². The Morgan fingerprint density at radius 3 is 2.30 bits per heavy atom. The molecule has 0 unspecified atom stereocenters. The average molecular weight is 413 g/mol. The average Bonchev–Trinajstić information content (AvgIpc) is 3.54. The Labute approximate surface area is 180 Å². The molecule has 30 heavy (non-hydrogen) atoms. The van der Waals surface area contributed by atoms with Crippen molar-refractivity contribution in [2.45, 2.75) is 64.8 Å². The molecule has 0 aromatic heterocycles. The first-order valence-corrected chi connectivity index (χ1v) is 11.5. The van der Waals surface area contributed by atoms with E-state index in [2.05, 4.69) is 23.2 Å². The third-order valence-electron chi connectivity index (χ3n) is 7.55. The lowest BCUT2D eigenvalue weighted by molar-refractivity contribution is -0.132. The zero-order valence-electron chi connectivity index (χ0n) is 18.5. The number of likely N-dealkylation sites (tertiary alicyclic amines) is 2. The first kappa shape index (κ1) is 21.2. The molecule has 1 aliphatic carbocycles. The summed E-state index contributed by atoms with van der Waals surface area (Å²) in [4.78, 5) is 29.4. The highest BCUT2D eigenvalue weighted by Gasteiger charge is 2.44. The number of rotatable bonds is 5. The second-order valence-corrected chi connectivity index (χ2v) is 9.79. The summed E-state index contributed by atoms with van der Waals surface area (Å²) < 4.78 is 0. The van der Waals surface area contributed by atoms with Gasteiger partial charge >= 0.3 is 6.03 Å². The molecule has 2 saturated heterocycles. The van der Waals surface area contributed by atoms with Gasteiger partial charge in [-0.25, -0.2) is 4.79 Å². The first-order valence-electron chi connectivity index (χ1n) is 11.5. The number of primary amides is 1. The van der Waals surface area contributed by atoms with E-state index in [0.717, 1.165) is 75.5 Å². The summed E-state index contributed by atoms with van der Waals surface area (Å²) in [7, 11) is 0. The fraction of sp³-hybridized carbons (Fsp3) is 0.667. The van der Waals surface area contributed by atoms with Crippen molar-refractivity contribution in [3.05, 3.63) is 29.3 Å². The Balaban J connectivity index is 1.26. The molecule has 3 aliphatic rings. The van der Waals surface area contributed by atoms with Crippen LogP contribution in [0.1, 0.15) is 56.1 Å². The molecule has 6 heteroatoms. The minimum absolute atomic E-state index is 0.00349. The Morgan fingerprint density at radius 2 is 1.73 bits per heavy atom. The van der Waals surface area contributed by atoms with Crippen molar-refractivity contribution in [2.75, 3.05) is 31.5 Å². The normalized spacial score (nSPS) is 22.7. The summed E-state index contributed by atoms with van der Waals surface area (Å²) >= 11 is 0. The Hall–Kier alpha value is -2.08. The molecule has 164 valence electrons. The summed E-state index contributed by atoms with van der Waals surface area (Å²) in [6.45, 7) is 7.55. The predicted molar refractivity (Wildman–Crippen MR) is 119 cm³/mol. The molecule has 3 N–H and O–H groups in total. The number of carbonyl (C=O) groups excluding carboxylic acids is 2. The van der Waals surface area contributed by atoms with Crippen LogP contribution < -0.4 is 11.1 Å². The van der Waals surface area contributed by atoms with Gasteiger partial charge in [-0.3, -0.25) is 4.79 Å². The van der Waals surface area contributed by atoms with Gasteiger partial charge in [0.25, 0.3) is 0 Å². The second kappa shape index (κ2) is 8.58. The first-order chi connectivity index (χ1) is 14.4. The van der Waals surface area contributed by atoms with Crippen LogP contribution in [0.4, 0.5) is 10.5 Å². The standard InChI is InChI=1S/C24H36N4O2/c1-17-3-6-21(18(2)15-17)26-23(30)28-11-7-20(8-12-28)27-13-9-24(10-14-27,22(25)29)16-19-4-5-19/h3,6,15,19-20H,4-5,7-14,16H2,1-2H3,(H2,25,29)(H,26,30). The molecule has 2 aliphatic heterocycles. The van der Waals surface area contributed by atoms with Crippen LogP contribution in [-0.4, -0.2) is 54.0 Å². The predicted octanol–water partition coefficient (Wildman–Crippen LogP) is 3.67. The molecule has 3 fully saturated rings. The maximum absolute atomic E-state index is 12.7. The van der Waals surface area contributed by atoms with Crippen molar-refractivity contribution in [3.63, 3.8) is 0 Å².